The number of hydrogen-bond acceptors (Lipinski definition) is 5. The Morgan fingerprint density at radius 3 is 1.81 bits per heavy atom. The largest absolute Gasteiger partial charge is 0.480 e. The minimum absolute atomic E-state index is 0.0390. The molecule has 0 fully saturated rings. The first-order valence-electron chi connectivity index (χ1n) is 16.8. The van der Waals surface area contributed by atoms with Gasteiger partial charge in [0, 0.05) is 6.42 Å². The van der Waals surface area contributed by atoms with Crippen LogP contribution in [0.4, 0.5) is 0 Å². The summed E-state index contributed by atoms with van der Waals surface area (Å²) in [5.74, 6) is -1.86. The maximum absolute atomic E-state index is 12.8. The van der Waals surface area contributed by atoms with Gasteiger partial charge in [0.25, 0.3) is 0 Å². The van der Waals surface area contributed by atoms with Crippen LogP contribution in [0.2, 0.25) is 0 Å². The molecule has 0 bridgehead atoms. The van der Waals surface area contributed by atoms with Crippen molar-refractivity contribution in [2.24, 2.45) is 0 Å². The molecule has 2 N–H and O–H groups in total. The Morgan fingerprint density at radius 2 is 1.26 bits per heavy atom. The lowest BCUT2D eigenvalue weighted by molar-refractivity contribution is -0.152. The Balaban J connectivity index is 2.49. The van der Waals surface area contributed by atoms with Gasteiger partial charge in [-0.15, -0.1) is 0 Å². The van der Waals surface area contributed by atoms with Gasteiger partial charge in [0.15, 0.2) is 6.04 Å². The maximum Gasteiger partial charge on any atom is 0.328 e. The molecule has 0 radical (unpaired) electrons. The van der Waals surface area contributed by atoms with Gasteiger partial charge in [-0.3, -0.25) is 9.59 Å². The number of carboxylic acid groups (broad SMARTS) is 1. The van der Waals surface area contributed by atoms with Gasteiger partial charge < -0.3 is 19.9 Å². The second kappa shape index (κ2) is 26.2. The Labute approximate surface area is 255 Å². The molecule has 240 valence electrons. The molecule has 1 aromatic rings. The molecule has 0 saturated carbocycles. The highest BCUT2D eigenvalue weighted by Crippen LogP contribution is 2.16. The van der Waals surface area contributed by atoms with E-state index in [1.807, 2.05) is 30.3 Å². The third-order valence-electron chi connectivity index (χ3n) is 7.60. The molecule has 0 heterocycles. The van der Waals surface area contributed by atoms with Crippen molar-refractivity contribution in [1.29, 1.82) is 0 Å². The quantitative estimate of drug-likeness (QED) is 0.0750. The van der Waals surface area contributed by atoms with Crippen molar-refractivity contribution >= 4 is 17.8 Å². The number of amides is 1. The number of unbranched alkanes of at least 4 members (excludes halogenated alkanes) is 15. The summed E-state index contributed by atoms with van der Waals surface area (Å²) in [4.78, 5) is 37.2. The van der Waals surface area contributed by atoms with Gasteiger partial charge in [-0.25, -0.2) is 4.79 Å². The van der Waals surface area contributed by atoms with Crippen LogP contribution in [0, 0.1) is 0 Å². The summed E-state index contributed by atoms with van der Waals surface area (Å²) in [6.45, 7) is 4.56. The molecule has 0 aliphatic carbocycles. The molecular formula is C35H59NO6. The van der Waals surface area contributed by atoms with E-state index in [-0.39, 0.29) is 25.6 Å². The van der Waals surface area contributed by atoms with E-state index in [2.05, 4.69) is 19.2 Å². The lowest BCUT2D eigenvalue weighted by Gasteiger charge is -2.20. The van der Waals surface area contributed by atoms with E-state index in [0.29, 0.717) is 12.8 Å². The van der Waals surface area contributed by atoms with Crippen LogP contribution in [0.1, 0.15) is 148 Å². The molecule has 0 spiro atoms. The Hall–Kier alpha value is -2.41. The van der Waals surface area contributed by atoms with Gasteiger partial charge in [0.1, 0.15) is 6.10 Å². The Kier molecular flexibility index (Phi) is 23.5. The van der Waals surface area contributed by atoms with Crippen LogP contribution in [0.5, 0.6) is 0 Å². The third-order valence-corrected chi connectivity index (χ3v) is 7.60. The smallest absolute Gasteiger partial charge is 0.328 e. The van der Waals surface area contributed by atoms with Crippen LogP contribution >= 0.6 is 0 Å². The van der Waals surface area contributed by atoms with E-state index >= 15 is 0 Å². The van der Waals surface area contributed by atoms with E-state index in [1.165, 1.54) is 70.6 Å². The lowest BCUT2D eigenvalue weighted by Crippen LogP contribution is -2.45. The Morgan fingerprint density at radius 1 is 0.738 bits per heavy atom. The monoisotopic (exact) mass is 589 g/mol. The van der Waals surface area contributed by atoms with Crippen molar-refractivity contribution in [3.05, 3.63) is 35.9 Å². The van der Waals surface area contributed by atoms with E-state index in [1.54, 1.807) is 0 Å². The van der Waals surface area contributed by atoms with Gasteiger partial charge >= 0.3 is 11.9 Å². The fraction of sp³-hybridized carbons (Fsp3) is 0.743. The minimum atomic E-state index is -1.16. The molecule has 0 aliphatic heterocycles. The molecule has 1 rings (SSSR count). The van der Waals surface area contributed by atoms with Gasteiger partial charge in [0.2, 0.25) is 5.91 Å². The van der Waals surface area contributed by atoms with Crippen LogP contribution in [-0.4, -0.2) is 41.7 Å². The number of ether oxygens (including phenoxy) is 2. The number of benzene rings is 1. The van der Waals surface area contributed by atoms with E-state index < -0.39 is 24.0 Å². The normalized spacial score (nSPS) is 12.5. The van der Waals surface area contributed by atoms with E-state index in [0.717, 1.165) is 44.1 Å². The molecular weight excluding hydrogens is 530 g/mol. The minimum Gasteiger partial charge on any atom is -0.480 e. The first-order valence-corrected chi connectivity index (χ1v) is 16.8. The summed E-state index contributed by atoms with van der Waals surface area (Å²) in [6, 6.07) is 8.30. The second-order valence-corrected chi connectivity index (χ2v) is 11.6. The summed E-state index contributed by atoms with van der Waals surface area (Å²) in [6.07, 6.45) is 20.2. The molecule has 1 unspecified atom stereocenters. The highest BCUT2D eigenvalue weighted by molar-refractivity contribution is 5.84. The number of rotatable bonds is 28. The molecule has 0 aliphatic rings. The molecule has 7 nitrogen and oxygen atoms in total. The number of nitrogens with one attached hydrogen (secondary N) is 1. The first-order chi connectivity index (χ1) is 20.5. The van der Waals surface area contributed by atoms with Crippen LogP contribution < -0.4 is 5.32 Å². The average Bonchev–Trinajstić information content (AvgIpc) is 2.97. The van der Waals surface area contributed by atoms with Crippen molar-refractivity contribution in [1.82, 2.24) is 5.32 Å². The third kappa shape index (κ3) is 21.3. The lowest BCUT2D eigenvalue weighted by atomic mass is 10.0. The SMILES string of the molecule is CCCCCCCCCCCC(CC(=O)N[C@@H](COCc1ccccc1)C(=O)O)OC(=O)CCCCCCCCCC. The molecule has 1 amide bonds. The highest BCUT2D eigenvalue weighted by Gasteiger charge is 2.24. The fourth-order valence-corrected chi connectivity index (χ4v) is 5.04. The maximum atomic E-state index is 12.8. The number of carbonyl (C=O) groups excluding carboxylic acids is 2. The zero-order valence-electron chi connectivity index (χ0n) is 26.6. The van der Waals surface area contributed by atoms with Gasteiger partial charge in [-0.05, 0) is 24.8 Å². The molecule has 2 atom stereocenters. The van der Waals surface area contributed by atoms with Gasteiger partial charge in [0.05, 0.1) is 19.6 Å². The van der Waals surface area contributed by atoms with Crippen molar-refractivity contribution in [3.63, 3.8) is 0 Å². The number of carboxylic acids is 1. The predicted octanol–water partition coefficient (Wildman–Crippen LogP) is 8.53. The average molecular weight is 590 g/mol. The molecule has 0 saturated heterocycles. The van der Waals surface area contributed by atoms with Crippen LogP contribution in [-0.2, 0) is 30.5 Å². The summed E-state index contributed by atoms with van der Waals surface area (Å²) < 4.78 is 11.3. The Bertz CT molecular complexity index is 815. The van der Waals surface area contributed by atoms with Crippen molar-refractivity contribution in [2.75, 3.05) is 6.61 Å². The predicted molar refractivity (Wildman–Crippen MR) is 169 cm³/mol. The standard InChI is InChI=1S/C35H59NO6/c1-3-5-7-9-11-13-14-16-21-25-31(42-34(38)26-22-17-15-12-10-8-6-4-2)27-33(37)36-32(35(39)40)29-41-28-30-23-19-18-20-24-30/h18-20,23-24,31-32H,3-17,21-22,25-29H2,1-2H3,(H,36,37)(H,39,40)/t31?,32-/m0/s1. The van der Waals surface area contributed by atoms with Crippen molar-refractivity contribution in [3.8, 4) is 0 Å². The summed E-state index contributed by atoms with van der Waals surface area (Å²) >= 11 is 0. The van der Waals surface area contributed by atoms with Crippen LogP contribution in [0.3, 0.4) is 0 Å². The summed E-state index contributed by atoms with van der Waals surface area (Å²) in [5.41, 5.74) is 0.928. The van der Waals surface area contributed by atoms with Crippen LogP contribution in [0.15, 0.2) is 30.3 Å². The summed E-state index contributed by atoms with van der Waals surface area (Å²) in [5, 5.41) is 12.2. The van der Waals surface area contributed by atoms with E-state index in [9.17, 15) is 19.5 Å². The van der Waals surface area contributed by atoms with Gasteiger partial charge in [-0.2, -0.15) is 0 Å². The van der Waals surface area contributed by atoms with Gasteiger partial charge in [-0.1, -0.05) is 140 Å². The second-order valence-electron chi connectivity index (χ2n) is 11.6. The molecule has 1 aromatic carbocycles. The van der Waals surface area contributed by atoms with Crippen molar-refractivity contribution in [2.45, 2.75) is 161 Å². The summed E-state index contributed by atoms with van der Waals surface area (Å²) in [7, 11) is 0. The molecule has 42 heavy (non-hydrogen) atoms. The molecule has 0 aromatic heterocycles. The van der Waals surface area contributed by atoms with Crippen molar-refractivity contribution < 1.29 is 29.0 Å². The highest BCUT2D eigenvalue weighted by atomic mass is 16.5. The van der Waals surface area contributed by atoms with E-state index in [4.69, 9.17) is 9.47 Å². The number of esters is 1. The fourth-order valence-electron chi connectivity index (χ4n) is 5.04. The number of carbonyl (C=O) groups is 3. The zero-order valence-corrected chi connectivity index (χ0v) is 26.6. The van der Waals surface area contributed by atoms with Crippen LogP contribution in [0.25, 0.3) is 0 Å². The number of aliphatic carboxylic acids is 1. The molecule has 7 heteroatoms. The first kappa shape index (κ1) is 37.6. The zero-order chi connectivity index (χ0) is 30.7. The topological polar surface area (TPSA) is 102 Å². The number of hydrogen-bond donors (Lipinski definition) is 2.